The number of thioether (sulfide) groups is 1. The van der Waals surface area contributed by atoms with Crippen LogP contribution in [0.25, 0.3) is 10.8 Å². The third-order valence-electron chi connectivity index (χ3n) is 5.33. The molecule has 0 saturated carbocycles. The normalized spacial score (nSPS) is 12.2. The predicted octanol–water partition coefficient (Wildman–Crippen LogP) is 7.88. The van der Waals surface area contributed by atoms with Crippen molar-refractivity contribution >= 4 is 57.3 Å². The smallest absolute Gasteiger partial charge is 0.325 e. The molecule has 2 amide bonds. The lowest BCUT2D eigenvalue weighted by Crippen LogP contribution is -2.24. The lowest BCUT2D eigenvalue weighted by molar-refractivity contribution is -0.137. The Morgan fingerprint density at radius 2 is 1.61 bits per heavy atom. The monoisotopic (exact) mass is 528 g/mol. The van der Waals surface area contributed by atoms with Crippen LogP contribution >= 0.6 is 23.4 Å². The van der Waals surface area contributed by atoms with Crippen molar-refractivity contribution in [2.24, 2.45) is 0 Å². The summed E-state index contributed by atoms with van der Waals surface area (Å²) in [6.45, 7) is 1.59. The van der Waals surface area contributed by atoms with Crippen molar-refractivity contribution in [3.63, 3.8) is 0 Å². The third-order valence-corrected chi connectivity index (χ3v) is 6.66. The van der Waals surface area contributed by atoms with Gasteiger partial charge in [-0.05, 0) is 66.2 Å². The topological polar surface area (TPSA) is 58.2 Å². The van der Waals surface area contributed by atoms with Gasteiger partial charge >= 0.3 is 6.18 Å². The summed E-state index contributed by atoms with van der Waals surface area (Å²) in [4.78, 5) is 26.1. The van der Waals surface area contributed by atoms with E-state index in [2.05, 4.69) is 10.6 Å². The third kappa shape index (κ3) is 6.19. The molecule has 0 aliphatic heterocycles. The number of alkyl halides is 3. The molecule has 0 heterocycles. The fourth-order valence-electron chi connectivity index (χ4n) is 3.53. The van der Waals surface area contributed by atoms with E-state index >= 15 is 0 Å². The standard InChI is InChI=1S/C27H20ClF3N2O2S/c1-16(25(34)33-24-12-11-20(28)14-23(24)27(29,30)31)36-22-8-4-7-21(15-22)32-26(35)19-10-9-17-5-2-3-6-18(17)13-19/h2-16H,1H3,(H,32,35)(H,33,34). The maximum atomic E-state index is 13.3. The molecular weight excluding hydrogens is 509 g/mol. The zero-order valence-electron chi connectivity index (χ0n) is 18.9. The number of amides is 2. The van der Waals surface area contributed by atoms with Crippen LogP contribution in [0.15, 0.2) is 89.8 Å². The minimum absolute atomic E-state index is 0.0784. The number of hydrogen-bond acceptors (Lipinski definition) is 3. The first-order chi connectivity index (χ1) is 17.1. The number of benzene rings is 4. The van der Waals surface area contributed by atoms with Crippen molar-refractivity contribution in [3.8, 4) is 0 Å². The van der Waals surface area contributed by atoms with Gasteiger partial charge in [-0.25, -0.2) is 0 Å². The summed E-state index contributed by atoms with van der Waals surface area (Å²) in [5, 5.41) is 6.37. The largest absolute Gasteiger partial charge is 0.418 e. The van der Waals surface area contributed by atoms with Gasteiger partial charge in [0.05, 0.1) is 16.5 Å². The van der Waals surface area contributed by atoms with Gasteiger partial charge in [0.15, 0.2) is 0 Å². The van der Waals surface area contributed by atoms with Crippen molar-refractivity contribution in [2.75, 3.05) is 10.6 Å². The van der Waals surface area contributed by atoms with E-state index in [1.54, 1.807) is 37.3 Å². The first kappa shape index (κ1) is 25.6. The number of fused-ring (bicyclic) bond motifs is 1. The summed E-state index contributed by atoms with van der Waals surface area (Å²) in [6, 6.07) is 23.2. The molecule has 4 nitrogen and oxygen atoms in total. The fourth-order valence-corrected chi connectivity index (χ4v) is 4.63. The lowest BCUT2D eigenvalue weighted by atomic mass is 10.1. The van der Waals surface area contributed by atoms with Crippen LogP contribution in [-0.4, -0.2) is 17.1 Å². The van der Waals surface area contributed by atoms with E-state index in [-0.39, 0.29) is 16.6 Å². The van der Waals surface area contributed by atoms with Crippen LogP contribution in [0, 0.1) is 0 Å². The molecule has 4 aromatic carbocycles. The second-order valence-corrected chi connectivity index (χ2v) is 9.83. The molecule has 184 valence electrons. The summed E-state index contributed by atoms with van der Waals surface area (Å²) in [5.74, 6) is -0.880. The summed E-state index contributed by atoms with van der Waals surface area (Å²) < 4.78 is 40.0. The van der Waals surface area contributed by atoms with Crippen molar-refractivity contribution in [1.82, 2.24) is 0 Å². The Morgan fingerprint density at radius 1 is 0.861 bits per heavy atom. The Labute approximate surface area is 214 Å². The van der Waals surface area contributed by atoms with Crippen LogP contribution in [0.3, 0.4) is 0 Å². The zero-order chi connectivity index (χ0) is 25.9. The molecule has 36 heavy (non-hydrogen) atoms. The highest BCUT2D eigenvalue weighted by Gasteiger charge is 2.34. The Kier molecular flexibility index (Phi) is 7.56. The van der Waals surface area contributed by atoms with E-state index < -0.39 is 22.9 Å². The molecular formula is C27H20ClF3N2O2S. The molecule has 0 bridgehead atoms. The molecule has 0 radical (unpaired) electrons. The van der Waals surface area contributed by atoms with Gasteiger partial charge in [-0.2, -0.15) is 13.2 Å². The van der Waals surface area contributed by atoms with Crippen LogP contribution in [0.2, 0.25) is 5.02 Å². The summed E-state index contributed by atoms with van der Waals surface area (Å²) in [6.07, 6.45) is -4.67. The van der Waals surface area contributed by atoms with Gasteiger partial charge in [-0.3, -0.25) is 9.59 Å². The summed E-state index contributed by atoms with van der Waals surface area (Å²) in [5.41, 5.74) is -0.342. The quantitative estimate of drug-likeness (QED) is 0.250. The van der Waals surface area contributed by atoms with Gasteiger partial charge in [0, 0.05) is 21.2 Å². The maximum absolute atomic E-state index is 13.3. The number of carbonyl (C=O) groups is 2. The Balaban J connectivity index is 1.43. The van der Waals surface area contributed by atoms with Crippen LogP contribution in [0.1, 0.15) is 22.8 Å². The Bertz CT molecular complexity index is 1440. The number of rotatable bonds is 6. The van der Waals surface area contributed by atoms with Gasteiger partial charge in [-0.1, -0.05) is 48.0 Å². The number of halogens is 4. The van der Waals surface area contributed by atoms with E-state index in [1.807, 2.05) is 36.4 Å². The Morgan fingerprint density at radius 3 is 2.36 bits per heavy atom. The lowest BCUT2D eigenvalue weighted by Gasteiger charge is -2.17. The van der Waals surface area contributed by atoms with Crippen LogP contribution in [-0.2, 0) is 11.0 Å². The molecule has 1 unspecified atom stereocenters. The van der Waals surface area contributed by atoms with Crippen LogP contribution in [0.5, 0.6) is 0 Å². The van der Waals surface area contributed by atoms with E-state index in [1.165, 1.54) is 6.07 Å². The minimum Gasteiger partial charge on any atom is -0.325 e. The highest BCUT2D eigenvalue weighted by Crippen LogP contribution is 2.37. The molecule has 4 rings (SSSR count). The predicted molar refractivity (Wildman–Crippen MR) is 139 cm³/mol. The SMILES string of the molecule is CC(Sc1cccc(NC(=O)c2ccc3ccccc3c2)c1)C(=O)Nc1ccc(Cl)cc1C(F)(F)F. The molecule has 0 aliphatic rings. The second kappa shape index (κ2) is 10.6. The molecule has 0 spiro atoms. The number of carbonyl (C=O) groups excluding carboxylic acids is 2. The van der Waals surface area contributed by atoms with Crippen molar-refractivity contribution < 1.29 is 22.8 Å². The first-order valence-corrected chi connectivity index (χ1v) is 12.1. The average Bonchev–Trinajstić information content (AvgIpc) is 2.84. The fraction of sp³-hybridized carbons (Fsp3) is 0.111. The van der Waals surface area contributed by atoms with Crippen LogP contribution in [0.4, 0.5) is 24.5 Å². The highest BCUT2D eigenvalue weighted by atomic mass is 35.5. The zero-order valence-corrected chi connectivity index (χ0v) is 20.5. The molecule has 0 fully saturated rings. The highest BCUT2D eigenvalue weighted by molar-refractivity contribution is 8.00. The van der Waals surface area contributed by atoms with Gasteiger partial charge in [0.1, 0.15) is 0 Å². The minimum atomic E-state index is -4.67. The summed E-state index contributed by atoms with van der Waals surface area (Å²) >= 11 is 6.85. The van der Waals surface area contributed by atoms with Gasteiger partial charge in [0.25, 0.3) is 5.91 Å². The Hall–Kier alpha value is -3.49. The molecule has 0 aromatic heterocycles. The first-order valence-electron chi connectivity index (χ1n) is 10.8. The average molecular weight is 529 g/mol. The molecule has 0 saturated heterocycles. The summed E-state index contributed by atoms with van der Waals surface area (Å²) in [7, 11) is 0. The number of hydrogen-bond donors (Lipinski definition) is 2. The van der Waals surface area contributed by atoms with Crippen molar-refractivity contribution in [3.05, 3.63) is 101 Å². The second-order valence-electron chi connectivity index (χ2n) is 7.98. The number of nitrogens with one attached hydrogen (secondary N) is 2. The van der Waals surface area contributed by atoms with Crippen LogP contribution < -0.4 is 10.6 Å². The van der Waals surface area contributed by atoms with Crippen molar-refractivity contribution in [2.45, 2.75) is 23.2 Å². The van der Waals surface area contributed by atoms with E-state index in [0.717, 1.165) is 34.7 Å². The molecule has 1 atom stereocenters. The van der Waals surface area contributed by atoms with E-state index in [9.17, 15) is 22.8 Å². The molecule has 4 aromatic rings. The molecule has 9 heteroatoms. The molecule has 2 N–H and O–H groups in total. The van der Waals surface area contributed by atoms with Gasteiger partial charge in [-0.15, -0.1) is 11.8 Å². The molecule has 0 aliphatic carbocycles. The van der Waals surface area contributed by atoms with Gasteiger partial charge in [0.2, 0.25) is 5.91 Å². The van der Waals surface area contributed by atoms with E-state index in [4.69, 9.17) is 11.6 Å². The maximum Gasteiger partial charge on any atom is 0.418 e. The van der Waals surface area contributed by atoms with E-state index in [0.29, 0.717) is 16.1 Å². The van der Waals surface area contributed by atoms with Gasteiger partial charge < -0.3 is 10.6 Å². The number of anilines is 2. The van der Waals surface area contributed by atoms with Crippen molar-refractivity contribution in [1.29, 1.82) is 0 Å².